The molecular formula is C17H18N4OS2. The zero-order chi connectivity index (χ0) is 16.9. The van der Waals surface area contributed by atoms with E-state index < -0.39 is 0 Å². The molecule has 0 aliphatic rings. The first-order valence-corrected chi connectivity index (χ1v) is 9.48. The van der Waals surface area contributed by atoms with Gasteiger partial charge >= 0.3 is 0 Å². The van der Waals surface area contributed by atoms with Crippen LogP contribution in [0.1, 0.15) is 17.4 Å². The molecule has 124 valence electrons. The van der Waals surface area contributed by atoms with Gasteiger partial charge in [-0.2, -0.15) is 0 Å². The Hall–Kier alpha value is -2.12. The molecule has 2 heterocycles. The molecule has 0 aliphatic carbocycles. The van der Waals surface area contributed by atoms with E-state index in [0.29, 0.717) is 5.16 Å². The second-order valence-corrected chi connectivity index (χ2v) is 7.21. The number of aromatic nitrogens is 3. The van der Waals surface area contributed by atoms with Crippen molar-refractivity contribution >= 4 is 34.6 Å². The molecule has 1 N–H and O–H groups in total. The van der Waals surface area contributed by atoms with Crippen LogP contribution in [0.25, 0.3) is 0 Å². The van der Waals surface area contributed by atoms with Crippen LogP contribution in [0.5, 0.6) is 0 Å². The fraction of sp³-hybridized carbons (Fsp3) is 0.235. The van der Waals surface area contributed by atoms with E-state index in [1.807, 2.05) is 35.7 Å². The lowest BCUT2D eigenvalue weighted by atomic mass is 10.1. The van der Waals surface area contributed by atoms with Crippen LogP contribution in [0, 0.1) is 0 Å². The lowest BCUT2D eigenvalue weighted by Gasteiger charge is -2.09. The van der Waals surface area contributed by atoms with Gasteiger partial charge in [-0.15, -0.1) is 21.5 Å². The standard InChI is InChI=1S/C17H18N4OS2/c1-3-12-6-8-13(9-7-12)18-15-16(22)21(2)17(20-19-15)24-11-14-5-4-10-23-14/h4-10H,3,11H2,1-2H3,(H,18,19). The average Bonchev–Trinajstić information content (AvgIpc) is 3.12. The van der Waals surface area contributed by atoms with Gasteiger partial charge in [0.05, 0.1) is 0 Å². The van der Waals surface area contributed by atoms with Crippen LogP contribution >= 0.6 is 23.1 Å². The summed E-state index contributed by atoms with van der Waals surface area (Å²) < 4.78 is 1.54. The summed E-state index contributed by atoms with van der Waals surface area (Å²) in [6, 6.07) is 12.0. The predicted octanol–water partition coefficient (Wildman–Crippen LogP) is 3.84. The quantitative estimate of drug-likeness (QED) is 0.679. The van der Waals surface area contributed by atoms with Crippen LogP contribution < -0.4 is 10.9 Å². The summed E-state index contributed by atoms with van der Waals surface area (Å²) in [5.41, 5.74) is 1.90. The van der Waals surface area contributed by atoms with Gasteiger partial charge in [0.1, 0.15) is 0 Å². The molecule has 0 radical (unpaired) electrons. The SMILES string of the molecule is CCc1ccc(Nc2nnc(SCc3cccs3)n(C)c2=O)cc1. The Kier molecular flexibility index (Phi) is 5.32. The minimum absolute atomic E-state index is 0.182. The molecule has 0 amide bonds. The molecule has 0 atom stereocenters. The van der Waals surface area contributed by atoms with Gasteiger partial charge in [0.15, 0.2) is 5.16 Å². The van der Waals surface area contributed by atoms with Crippen molar-refractivity contribution in [1.82, 2.24) is 14.8 Å². The van der Waals surface area contributed by atoms with Crippen molar-refractivity contribution < 1.29 is 0 Å². The number of nitrogens with zero attached hydrogens (tertiary/aromatic N) is 3. The van der Waals surface area contributed by atoms with Crippen molar-refractivity contribution in [2.75, 3.05) is 5.32 Å². The van der Waals surface area contributed by atoms with Gasteiger partial charge in [-0.25, -0.2) is 0 Å². The number of thioether (sulfide) groups is 1. The molecule has 24 heavy (non-hydrogen) atoms. The van der Waals surface area contributed by atoms with E-state index >= 15 is 0 Å². The normalized spacial score (nSPS) is 10.8. The fourth-order valence-electron chi connectivity index (χ4n) is 2.14. The monoisotopic (exact) mass is 358 g/mol. The zero-order valence-corrected chi connectivity index (χ0v) is 15.2. The highest BCUT2D eigenvalue weighted by molar-refractivity contribution is 7.98. The number of benzene rings is 1. The van der Waals surface area contributed by atoms with Crippen molar-refractivity contribution in [1.29, 1.82) is 0 Å². The smallest absolute Gasteiger partial charge is 0.297 e. The molecule has 0 spiro atoms. The Bertz CT molecular complexity index is 857. The molecule has 0 fully saturated rings. The van der Waals surface area contributed by atoms with Crippen molar-refractivity contribution in [2.24, 2.45) is 7.05 Å². The number of hydrogen-bond donors (Lipinski definition) is 1. The largest absolute Gasteiger partial charge is 0.334 e. The van der Waals surface area contributed by atoms with Gasteiger partial charge < -0.3 is 5.32 Å². The summed E-state index contributed by atoms with van der Waals surface area (Å²) in [6.07, 6.45) is 0.984. The maximum absolute atomic E-state index is 12.5. The molecule has 5 nitrogen and oxygen atoms in total. The summed E-state index contributed by atoms with van der Waals surface area (Å²) in [4.78, 5) is 13.7. The minimum atomic E-state index is -0.182. The summed E-state index contributed by atoms with van der Waals surface area (Å²) in [6.45, 7) is 2.11. The van der Waals surface area contributed by atoms with E-state index in [2.05, 4.69) is 28.5 Å². The van der Waals surface area contributed by atoms with E-state index in [9.17, 15) is 4.79 Å². The fourth-order valence-corrected chi connectivity index (χ4v) is 3.82. The third kappa shape index (κ3) is 3.85. The van der Waals surface area contributed by atoms with Gasteiger partial charge in [-0.3, -0.25) is 9.36 Å². The van der Waals surface area contributed by atoms with Gasteiger partial charge in [-0.1, -0.05) is 36.9 Å². The molecule has 0 aliphatic heterocycles. The number of nitrogens with one attached hydrogen (secondary N) is 1. The Morgan fingerprint density at radius 1 is 1.21 bits per heavy atom. The van der Waals surface area contributed by atoms with Crippen LogP contribution in [0.3, 0.4) is 0 Å². The molecule has 3 aromatic rings. The Labute approximate surface area is 148 Å². The van der Waals surface area contributed by atoms with Crippen molar-refractivity contribution in [3.63, 3.8) is 0 Å². The van der Waals surface area contributed by atoms with Crippen molar-refractivity contribution in [3.8, 4) is 0 Å². The Morgan fingerprint density at radius 3 is 2.67 bits per heavy atom. The van der Waals surface area contributed by atoms with Crippen molar-refractivity contribution in [3.05, 3.63) is 62.6 Å². The first kappa shape index (κ1) is 16.7. The van der Waals surface area contributed by atoms with E-state index in [-0.39, 0.29) is 11.4 Å². The maximum atomic E-state index is 12.5. The first-order chi connectivity index (χ1) is 11.7. The van der Waals surface area contributed by atoms with Gasteiger partial charge in [0.25, 0.3) is 5.56 Å². The van der Waals surface area contributed by atoms with Crippen LogP contribution in [0.4, 0.5) is 11.5 Å². The number of hydrogen-bond acceptors (Lipinski definition) is 6. The van der Waals surface area contributed by atoms with Crippen LogP contribution in [-0.4, -0.2) is 14.8 Å². The Balaban J connectivity index is 1.75. The summed E-state index contributed by atoms with van der Waals surface area (Å²) in [7, 11) is 1.72. The highest BCUT2D eigenvalue weighted by Gasteiger charge is 2.10. The van der Waals surface area contributed by atoms with E-state index in [1.54, 1.807) is 18.4 Å². The maximum Gasteiger partial charge on any atom is 0.297 e. The average molecular weight is 358 g/mol. The number of aryl methyl sites for hydroxylation is 1. The van der Waals surface area contributed by atoms with Crippen LogP contribution in [0.15, 0.2) is 51.7 Å². The second kappa shape index (κ2) is 7.63. The topological polar surface area (TPSA) is 59.8 Å². The summed E-state index contributed by atoms with van der Waals surface area (Å²) >= 11 is 3.20. The Morgan fingerprint density at radius 2 is 2.00 bits per heavy atom. The molecule has 2 aromatic heterocycles. The second-order valence-electron chi connectivity index (χ2n) is 5.24. The third-order valence-corrected chi connectivity index (χ3v) is 5.71. The summed E-state index contributed by atoms with van der Waals surface area (Å²) in [5, 5.41) is 13.9. The van der Waals surface area contributed by atoms with E-state index in [0.717, 1.165) is 17.9 Å². The molecule has 0 unspecified atom stereocenters. The van der Waals surface area contributed by atoms with Gasteiger partial charge in [0, 0.05) is 23.4 Å². The zero-order valence-electron chi connectivity index (χ0n) is 13.5. The minimum Gasteiger partial charge on any atom is -0.334 e. The van der Waals surface area contributed by atoms with Gasteiger partial charge in [0.2, 0.25) is 5.82 Å². The number of rotatable bonds is 6. The third-order valence-electron chi connectivity index (χ3n) is 3.58. The number of thiophene rings is 1. The molecular weight excluding hydrogens is 340 g/mol. The molecule has 3 rings (SSSR count). The lowest BCUT2D eigenvalue weighted by molar-refractivity contribution is 0.667. The van der Waals surface area contributed by atoms with Gasteiger partial charge in [-0.05, 0) is 35.6 Å². The molecule has 1 aromatic carbocycles. The molecule has 0 bridgehead atoms. The number of anilines is 2. The summed E-state index contributed by atoms with van der Waals surface area (Å²) in [5.74, 6) is 1.02. The predicted molar refractivity (Wildman–Crippen MR) is 100 cm³/mol. The molecule has 7 heteroatoms. The highest BCUT2D eigenvalue weighted by atomic mass is 32.2. The highest BCUT2D eigenvalue weighted by Crippen LogP contribution is 2.22. The van der Waals surface area contributed by atoms with Crippen LogP contribution in [-0.2, 0) is 19.2 Å². The van der Waals surface area contributed by atoms with E-state index in [1.165, 1.54) is 26.8 Å². The van der Waals surface area contributed by atoms with Crippen molar-refractivity contribution in [2.45, 2.75) is 24.3 Å². The van der Waals surface area contributed by atoms with E-state index in [4.69, 9.17) is 0 Å². The van der Waals surface area contributed by atoms with Crippen LogP contribution in [0.2, 0.25) is 0 Å². The molecule has 0 saturated heterocycles. The lowest BCUT2D eigenvalue weighted by Crippen LogP contribution is -2.24. The first-order valence-electron chi connectivity index (χ1n) is 7.62. The molecule has 0 saturated carbocycles.